The molecule has 1 aromatic heterocycles. The summed E-state index contributed by atoms with van der Waals surface area (Å²) in [6, 6.07) is 5.27. The molecule has 0 amide bonds. The molecule has 0 spiro atoms. The van der Waals surface area contributed by atoms with Crippen molar-refractivity contribution in [3.05, 3.63) is 51.5 Å². The molecule has 2 nitrogen and oxygen atoms in total. The van der Waals surface area contributed by atoms with E-state index in [2.05, 4.69) is 4.98 Å². The predicted octanol–water partition coefficient (Wildman–Crippen LogP) is 3.85. The first-order chi connectivity index (χ1) is 9.40. The number of hydrogen-bond donors (Lipinski definition) is 1. The Morgan fingerprint density at radius 3 is 2.75 bits per heavy atom. The number of alkyl halides is 3. The molecule has 0 fully saturated rings. The van der Waals surface area contributed by atoms with Gasteiger partial charge in [-0.2, -0.15) is 13.2 Å². The number of aromatic nitrogens is 1. The summed E-state index contributed by atoms with van der Waals surface area (Å²) in [4.78, 5) is 5.14. The third-order valence-corrected chi connectivity index (χ3v) is 4.17. The minimum absolute atomic E-state index is 0.00256. The Morgan fingerprint density at radius 2 is 2.10 bits per heavy atom. The molecule has 0 aliphatic heterocycles. The molecule has 0 saturated heterocycles. The van der Waals surface area contributed by atoms with Gasteiger partial charge >= 0.3 is 6.18 Å². The monoisotopic (exact) mass is 301 g/mol. The van der Waals surface area contributed by atoms with Crippen molar-refractivity contribution in [1.29, 1.82) is 0 Å². The number of halogens is 3. The van der Waals surface area contributed by atoms with Crippen molar-refractivity contribution < 1.29 is 18.3 Å². The largest absolute Gasteiger partial charge is 0.416 e. The lowest BCUT2D eigenvalue weighted by atomic mass is 10.1. The zero-order valence-corrected chi connectivity index (χ0v) is 11.6. The minimum atomic E-state index is -4.32. The van der Waals surface area contributed by atoms with E-state index in [9.17, 15) is 13.2 Å². The number of nitrogens with zero attached hydrogens (tertiary/aromatic N) is 1. The van der Waals surface area contributed by atoms with Crippen LogP contribution in [0.3, 0.4) is 0 Å². The van der Waals surface area contributed by atoms with Crippen LogP contribution in [-0.4, -0.2) is 16.7 Å². The van der Waals surface area contributed by atoms with Gasteiger partial charge in [0.15, 0.2) is 0 Å². The Morgan fingerprint density at radius 1 is 1.35 bits per heavy atom. The molecule has 1 atom stereocenters. The summed E-state index contributed by atoms with van der Waals surface area (Å²) in [5.74, 6) is 0.00256. The summed E-state index contributed by atoms with van der Waals surface area (Å²) in [5.41, 5.74) is -0.0621. The molecular formula is C14H14F3NOS. The van der Waals surface area contributed by atoms with E-state index in [-0.39, 0.29) is 12.5 Å². The number of aliphatic hydroxyl groups is 1. The minimum Gasteiger partial charge on any atom is -0.396 e. The first-order valence-corrected chi connectivity index (χ1v) is 6.93. The van der Waals surface area contributed by atoms with E-state index < -0.39 is 11.7 Å². The predicted molar refractivity (Wildman–Crippen MR) is 71.9 cm³/mol. The van der Waals surface area contributed by atoms with Gasteiger partial charge in [-0.15, -0.1) is 11.3 Å². The van der Waals surface area contributed by atoms with Gasteiger partial charge in [0, 0.05) is 23.4 Å². The molecule has 0 radical (unpaired) electrons. The molecule has 6 heteroatoms. The van der Waals surface area contributed by atoms with Crippen molar-refractivity contribution in [2.75, 3.05) is 6.61 Å². The number of thiazole rings is 1. The summed E-state index contributed by atoms with van der Waals surface area (Å²) in [7, 11) is 0. The Balaban J connectivity index is 2.16. The Bertz CT molecular complexity index is 580. The van der Waals surface area contributed by atoms with E-state index >= 15 is 0 Å². The van der Waals surface area contributed by atoms with Crippen LogP contribution in [0.15, 0.2) is 30.5 Å². The van der Waals surface area contributed by atoms with Crippen LogP contribution in [0.25, 0.3) is 0 Å². The maximum atomic E-state index is 12.6. The average Bonchev–Trinajstić information content (AvgIpc) is 2.85. The normalized spacial score (nSPS) is 13.4. The van der Waals surface area contributed by atoms with Crippen LogP contribution in [0.1, 0.15) is 33.9 Å². The zero-order chi connectivity index (χ0) is 14.8. The van der Waals surface area contributed by atoms with Gasteiger partial charge in [-0.1, -0.05) is 25.1 Å². The van der Waals surface area contributed by atoms with Crippen molar-refractivity contribution in [1.82, 2.24) is 4.98 Å². The Hall–Kier alpha value is -1.40. The molecule has 2 rings (SSSR count). The number of benzene rings is 1. The molecule has 108 valence electrons. The molecule has 0 aliphatic carbocycles. The van der Waals surface area contributed by atoms with E-state index in [1.165, 1.54) is 17.4 Å². The summed E-state index contributed by atoms with van der Waals surface area (Å²) in [6.07, 6.45) is -2.28. The molecule has 0 bridgehead atoms. The van der Waals surface area contributed by atoms with Crippen molar-refractivity contribution in [3.8, 4) is 0 Å². The van der Waals surface area contributed by atoms with E-state index in [0.717, 1.165) is 22.0 Å². The number of hydrogen-bond acceptors (Lipinski definition) is 3. The fourth-order valence-electron chi connectivity index (χ4n) is 1.76. The van der Waals surface area contributed by atoms with Crippen LogP contribution >= 0.6 is 11.3 Å². The lowest BCUT2D eigenvalue weighted by Crippen LogP contribution is -2.05. The maximum absolute atomic E-state index is 12.6. The molecule has 20 heavy (non-hydrogen) atoms. The second-order valence-corrected chi connectivity index (χ2v) is 5.76. The van der Waals surface area contributed by atoms with Crippen LogP contribution in [0.5, 0.6) is 0 Å². The molecule has 1 heterocycles. The van der Waals surface area contributed by atoms with Crippen molar-refractivity contribution >= 4 is 11.3 Å². The first-order valence-electron chi connectivity index (χ1n) is 6.11. The maximum Gasteiger partial charge on any atom is 0.416 e. The summed E-state index contributed by atoms with van der Waals surface area (Å²) >= 11 is 1.42. The summed E-state index contributed by atoms with van der Waals surface area (Å²) in [5, 5.41) is 9.82. The topological polar surface area (TPSA) is 33.1 Å². The van der Waals surface area contributed by atoms with E-state index in [4.69, 9.17) is 5.11 Å². The lowest BCUT2D eigenvalue weighted by molar-refractivity contribution is -0.137. The average molecular weight is 301 g/mol. The molecule has 1 unspecified atom stereocenters. The van der Waals surface area contributed by atoms with Crippen LogP contribution in [0.2, 0.25) is 0 Å². The third-order valence-electron chi connectivity index (χ3n) is 2.94. The smallest absolute Gasteiger partial charge is 0.396 e. The van der Waals surface area contributed by atoms with E-state index in [1.54, 1.807) is 12.3 Å². The highest BCUT2D eigenvalue weighted by Gasteiger charge is 2.30. The molecule has 1 aromatic carbocycles. The van der Waals surface area contributed by atoms with E-state index in [0.29, 0.717) is 12.0 Å². The molecule has 0 saturated carbocycles. The Kier molecular flexibility index (Phi) is 4.45. The first kappa shape index (κ1) is 15.0. The highest BCUT2D eigenvalue weighted by Crippen LogP contribution is 2.30. The number of aliphatic hydroxyl groups excluding tert-OH is 1. The second-order valence-electron chi connectivity index (χ2n) is 4.61. The van der Waals surface area contributed by atoms with E-state index in [1.807, 2.05) is 6.92 Å². The highest BCUT2D eigenvalue weighted by molar-refractivity contribution is 7.11. The van der Waals surface area contributed by atoms with Crippen molar-refractivity contribution in [2.45, 2.75) is 25.4 Å². The van der Waals surface area contributed by atoms with Crippen LogP contribution in [-0.2, 0) is 12.6 Å². The van der Waals surface area contributed by atoms with Gasteiger partial charge in [0.05, 0.1) is 17.2 Å². The molecule has 1 N–H and O–H groups in total. The van der Waals surface area contributed by atoms with Crippen LogP contribution < -0.4 is 0 Å². The van der Waals surface area contributed by atoms with Gasteiger partial charge in [-0.3, -0.25) is 0 Å². The standard InChI is InChI=1S/C14H14F3NOS/c1-9(8-19)12-7-18-13(20-12)6-10-3-2-4-11(5-10)14(15,16)17/h2-5,7,9,19H,6,8H2,1H3. The van der Waals surface area contributed by atoms with Gasteiger partial charge in [0.1, 0.15) is 0 Å². The summed E-state index contributed by atoms with van der Waals surface area (Å²) < 4.78 is 37.9. The zero-order valence-electron chi connectivity index (χ0n) is 10.8. The second kappa shape index (κ2) is 5.93. The van der Waals surface area contributed by atoms with Gasteiger partial charge < -0.3 is 5.11 Å². The fraction of sp³-hybridized carbons (Fsp3) is 0.357. The lowest BCUT2D eigenvalue weighted by Gasteiger charge is -2.07. The van der Waals surface area contributed by atoms with Gasteiger partial charge in [-0.05, 0) is 11.6 Å². The third kappa shape index (κ3) is 3.58. The molecule has 2 aromatic rings. The highest BCUT2D eigenvalue weighted by atomic mass is 32.1. The van der Waals surface area contributed by atoms with Gasteiger partial charge in [0.25, 0.3) is 0 Å². The van der Waals surface area contributed by atoms with Crippen LogP contribution in [0, 0.1) is 0 Å². The van der Waals surface area contributed by atoms with Crippen molar-refractivity contribution in [2.24, 2.45) is 0 Å². The van der Waals surface area contributed by atoms with Crippen LogP contribution in [0.4, 0.5) is 13.2 Å². The fourth-order valence-corrected chi connectivity index (χ4v) is 2.75. The SMILES string of the molecule is CC(CO)c1cnc(Cc2cccc(C(F)(F)F)c2)s1. The van der Waals surface area contributed by atoms with Gasteiger partial charge in [0.2, 0.25) is 0 Å². The van der Waals surface area contributed by atoms with Gasteiger partial charge in [-0.25, -0.2) is 4.98 Å². The summed E-state index contributed by atoms with van der Waals surface area (Å²) in [6.45, 7) is 1.91. The quantitative estimate of drug-likeness (QED) is 0.930. The van der Waals surface area contributed by atoms with Crippen molar-refractivity contribution in [3.63, 3.8) is 0 Å². The molecular weight excluding hydrogens is 287 g/mol. The Labute approximate surface area is 118 Å². The number of rotatable bonds is 4. The molecule has 0 aliphatic rings.